The van der Waals surface area contributed by atoms with E-state index in [1.165, 1.54) is 18.5 Å². The minimum absolute atomic E-state index is 0.0175. The number of aromatic nitrogens is 2. The van der Waals surface area contributed by atoms with E-state index in [9.17, 15) is 18.8 Å². The number of halogens is 2. The van der Waals surface area contributed by atoms with E-state index in [0.29, 0.717) is 10.7 Å². The first-order valence-corrected chi connectivity index (χ1v) is 12.0. The van der Waals surface area contributed by atoms with Gasteiger partial charge in [-0.3, -0.25) is 14.4 Å². The van der Waals surface area contributed by atoms with Gasteiger partial charge in [-0.2, -0.15) is 0 Å². The molecule has 1 aliphatic heterocycles. The number of anilines is 1. The summed E-state index contributed by atoms with van der Waals surface area (Å²) >= 11 is 6.26. The van der Waals surface area contributed by atoms with Crippen molar-refractivity contribution < 1.29 is 18.8 Å². The second kappa shape index (κ2) is 9.05. The SMILES string of the molecule is Cc1ccc(NC(=O)c2ncn3c2C(=O)N(C2CC2)[C@](C)(C(=O)NCc2ccc(F)cc2)C3)c(Cl)c1. The van der Waals surface area contributed by atoms with Gasteiger partial charge in [-0.05, 0) is 62.1 Å². The molecule has 8 nitrogen and oxygen atoms in total. The summed E-state index contributed by atoms with van der Waals surface area (Å²) in [7, 11) is 0. The largest absolute Gasteiger partial charge is 0.350 e. The van der Waals surface area contributed by atoms with Crippen molar-refractivity contribution in [3.05, 3.63) is 82.1 Å². The lowest BCUT2D eigenvalue weighted by Crippen LogP contribution is -2.64. The van der Waals surface area contributed by atoms with Crippen molar-refractivity contribution in [3.8, 4) is 0 Å². The molecule has 5 rings (SSSR count). The van der Waals surface area contributed by atoms with Crippen molar-refractivity contribution in [2.24, 2.45) is 0 Å². The fraction of sp³-hybridized carbons (Fsp3) is 0.308. The van der Waals surface area contributed by atoms with Crippen LogP contribution in [-0.4, -0.2) is 43.8 Å². The van der Waals surface area contributed by atoms with E-state index in [0.717, 1.165) is 24.0 Å². The van der Waals surface area contributed by atoms with Crippen LogP contribution >= 0.6 is 11.6 Å². The molecule has 2 N–H and O–H groups in total. The summed E-state index contributed by atoms with van der Waals surface area (Å²) in [5, 5.41) is 6.00. The van der Waals surface area contributed by atoms with Crippen LogP contribution in [0.15, 0.2) is 48.8 Å². The molecule has 0 radical (unpaired) electrons. The number of amides is 3. The molecular weight excluding hydrogens is 485 g/mol. The first-order valence-electron chi connectivity index (χ1n) is 11.7. The number of hydrogen-bond donors (Lipinski definition) is 2. The molecule has 0 spiro atoms. The van der Waals surface area contributed by atoms with Crippen LogP contribution in [0, 0.1) is 12.7 Å². The number of carbonyl (C=O) groups excluding carboxylic acids is 3. The molecule has 1 fully saturated rings. The van der Waals surface area contributed by atoms with Crippen LogP contribution < -0.4 is 10.6 Å². The van der Waals surface area contributed by atoms with Gasteiger partial charge in [0.1, 0.15) is 17.1 Å². The van der Waals surface area contributed by atoms with Crippen LogP contribution in [0.3, 0.4) is 0 Å². The van der Waals surface area contributed by atoms with Gasteiger partial charge in [0.15, 0.2) is 5.69 Å². The lowest BCUT2D eigenvalue weighted by atomic mass is 9.93. The molecule has 2 aromatic carbocycles. The average Bonchev–Trinajstić information content (AvgIpc) is 3.57. The van der Waals surface area contributed by atoms with E-state index >= 15 is 0 Å². The first-order chi connectivity index (χ1) is 17.2. The van der Waals surface area contributed by atoms with Crippen LogP contribution in [-0.2, 0) is 17.9 Å². The number of nitrogens with one attached hydrogen (secondary N) is 2. The Balaban J connectivity index is 1.40. The van der Waals surface area contributed by atoms with Crippen LogP contribution in [0.1, 0.15) is 51.9 Å². The molecule has 1 aliphatic carbocycles. The number of rotatable bonds is 6. The Hall–Kier alpha value is -3.72. The van der Waals surface area contributed by atoms with Gasteiger partial charge in [0.25, 0.3) is 11.8 Å². The fourth-order valence-corrected chi connectivity index (χ4v) is 4.88. The van der Waals surface area contributed by atoms with Gasteiger partial charge in [0.05, 0.1) is 23.6 Å². The Kier molecular flexibility index (Phi) is 6.04. The van der Waals surface area contributed by atoms with Crippen molar-refractivity contribution in [2.75, 3.05) is 5.32 Å². The first kappa shape index (κ1) is 24.0. The Bertz CT molecular complexity index is 1370. The molecule has 2 heterocycles. The smallest absolute Gasteiger partial charge is 0.276 e. The number of fused-ring (bicyclic) bond motifs is 1. The minimum Gasteiger partial charge on any atom is -0.350 e. The predicted octanol–water partition coefficient (Wildman–Crippen LogP) is 3.93. The Labute approximate surface area is 212 Å². The molecule has 1 aromatic heterocycles. The van der Waals surface area contributed by atoms with Gasteiger partial charge in [-0.25, -0.2) is 9.37 Å². The van der Waals surface area contributed by atoms with Crippen LogP contribution in [0.4, 0.5) is 10.1 Å². The zero-order valence-electron chi connectivity index (χ0n) is 19.8. The predicted molar refractivity (Wildman–Crippen MR) is 132 cm³/mol. The van der Waals surface area contributed by atoms with Crippen molar-refractivity contribution >= 4 is 35.0 Å². The van der Waals surface area contributed by atoms with E-state index in [4.69, 9.17) is 11.6 Å². The summed E-state index contributed by atoms with van der Waals surface area (Å²) < 4.78 is 14.8. The topological polar surface area (TPSA) is 96.3 Å². The number of carbonyl (C=O) groups is 3. The highest BCUT2D eigenvalue weighted by Crippen LogP contribution is 2.39. The Morgan fingerprint density at radius 1 is 1.19 bits per heavy atom. The van der Waals surface area contributed by atoms with Crippen LogP contribution in [0.2, 0.25) is 5.02 Å². The molecule has 3 amide bonds. The van der Waals surface area contributed by atoms with Gasteiger partial charge in [-0.1, -0.05) is 29.8 Å². The van der Waals surface area contributed by atoms with Gasteiger partial charge >= 0.3 is 0 Å². The molecule has 0 saturated heterocycles. The van der Waals surface area contributed by atoms with E-state index in [1.807, 2.05) is 13.0 Å². The maximum Gasteiger partial charge on any atom is 0.276 e. The number of benzene rings is 2. The van der Waals surface area contributed by atoms with Gasteiger partial charge in [0.2, 0.25) is 5.91 Å². The van der Waals surface area contributed by atoms with Crippen LogP contribution in [0.5, 0.6) is 0 Å². The van der Waals surface area contributed by atoms with E-state index < -0.39 is 17.4 Å². The van der Waals surface area contributed by atoms with E-state index in [-0.39, 0.29) is 42.2 Å². The molecule has 1 atom stereocenters. The monoisotopic (exact) mass is 509 g/mol. The summed E-state index contributed by atoms with van der Waals surface area (Å²) in [6.07, 6.45) is 2.97. The highest BCUT2D eigenvalue weighted by atomic mass is 35.5. The zero-order chi connectivity index (χ0) is 25.6. The standard InChI is InChI=1S/C26H25ClFN5O3/c1-15-3-10-20(19(27)11-15)31-23(34)21-22-24(35)33(18-8-9-18)26(2,13-32(22)14-30-21)25(36)29-12-16-4-6-17(28)7-5-16/h3-7,10-11,14,18H,8-9,12-13H2,1-2H3,(H,29,36)(H,31,34)/t26-/m0/s1. The van der Waals surface area contributed by atoms with Crippen LogP contribution in [0.25, 0.3) is 0 Å². The normalized spacial score (nSPS) is 19.1. The van der Waals surface area contributed by atoms with E-state index in [2.05, 4.69) is 15.6 Å². The summed E-state index contributed by atoms with van der Waals surface area (Å²) in [6.45, 7) is 3.95. The molecule has 3 aromatic rings. The molecule has 0 unspecified atom stereocenters. The maximum absolute atomic E-state index is 13.7. The van der Waals surface area contributed by atoms with Gasteiger partial charge < -0.3 is 20.1 Å². The zero-order valence-corrected chi connectivity index (χ0v) is 20.6. The second-order valence-electron chi connectivity index (χ2n) is 9.50. The highest BCUT2D eigenvalue weighted by molar-refractivity contribution is 6.34. The van der Waals surface area contributed by atoms with Crippen molar-refractivity contribution in [1.29, 1.82) is 0 Å². The Morgan fingerprint density at radius 2 is 1.92 bits per heavy atom. The molecule has 186 valence electrons. The second-order valence-corrected chi connectivity index (χ2v) is 9.90. The third-order valence-corrected chi connectivity index (χ3v) is 6.94. The molecule has 10 heteroatoms. The summed E-state index contributed by atoms with van der Waals surface area (Å²) in [4.78, 5) is 46.0. The maximum atomic E-state index is 13.7. The summed E-state index contributed by atoms with van der Waals surface area (Å²) in [5.74, 6) is -1.65. The lowest BCUT2D eigenvalue weighted by Gasteiger charge is -2.44. The molecule has 36 heavy (non-hydrogen) atoms. The van der Waals surface area contributed by atoms with E-state index in [1.54, 1.807) is 40.7 Å². The number of nitrogens with zero attached hydrogens (tertiary/aromatic N) is 3. The van der Waals surface area contributed by atoms with Crippen molar-refractivity contribution in [3.63, 3.8) is 0 Å². The number of aryl methyl sites for hydroxylation is 1. The molecular formula is C26H25ClFN5O3. The van der Waals surface area contributed by atoms with Gasteiger partial charge in [0, 0.05) is 12.6 Å². The third-order valence-electron chi connectivity index (χ3n) is 6.62. The average molecular weight is 510 g/mol. The Morgan fingerprint density at radius 3 is 2.58 bits per heavy atom. The molecule has 2 aliphatic rings. The minimum atomic E-state index is -1.18. The summed E-state index contributed by atoms with van der Waals surface area (Å²) in [6, 6.07) is 11.0. The lowest BCUT2D eigenvalue weighted by molar-refractivity contribution is -0.133. The third kappa shape index (κ3) is 4.35. The quantitative estimate of drug-likeness (QED) is 0.526. The van der Waals surface area contributed by atoms with Crippen molar-refractivity contribution in [2.45, 2.75) is 51.4 Å². The highest BCUT2D eigenvalue weighted by Gasteiger charge is 2.53. The molecule has 1 saturated carbocycles. The summed E-state index contributed by atoms with van der Waals surface area (Å²) in [5.41, 5.74) is 1.05. The number of hydrogen-bond acceptors (Lipinski definition) is 4. The van der Waals surface area contributed by atoms with Crippen molar-refractivity contribution in [1.82, 2.24) is 19.8 Å². The van der Waals surface area contributed by atoms with Gasteiger partial charge in [-0.15, -0.1) is 0 Å². The fourth-order valence-electron chi connectivity index (χ4n) is 4.60. The molecule has 0 bridgehead atoms. The number of imidazole rings is 1.